The summed E-state index contributed by atoms with van der Waals surface area (Å²) in [6.07, 6.45) is 1.27. The minimum absolute atomic E-state index is 0.380. The first-order valence-corrected chi connectivity index (χ1v) is 5.64. The Labute approximate surface area is 91.5 Å². The van der Waals surface area contributed by atoms with E-state index in [9.17, 15) is 5.11 Å². The van der Waals surface area contributed by atoms with Gasteiger partial charge in [-0.3, -0.25) is 0 Å². The fraction of sp³-hybridized carbons (Fsp3) is 0.538. The highest BCUT2D eigenvalue weighted by Crippen LogP contribution is 2.32. The van der Waals surface area contributed by atoms with Crippen LogP contribution in [0.2, 0.25) is 0 Å². The van der Waals surface area contributed by atoms with E-state index in [0.29, 0.717) is 11.7 Å². The molecule has 2 atom stereocenters. The maximum Gasteiger partial charge on any atom is 0.115 e. The van der Waals surface area contributed by atoms with E-state index in [4.69, 9.17) is 0 Å². The summed E-state index contributed by atoms with van der Waals surface area (Å²) in [7, 11) is 2.18. The molecule has 1 fully saturated rings. The predicted molar refractivity (Wildman–Crippen MR) is 62.1 cm³/mol. The van der Waals surface area contributed by atoms with Crippen LogP contribution in [0.4, 0.5) is 0 Å². The molecule has 1 N–H and O–H groups in total. The van der Waals surface area contributed by atoms with Crippen LogP contribution in [0.1, 0.15) is 24.8 Å². The zero-order chi connectivity index (χ0) is 10.8. The molecule has 1 aliphatic heterocycles. The zero-order valence-electron chi connectivity index (χ0n) is 9.48. The number of rotatable bonds is 2. The van der Waals surface area contributed by atoms with Crippen molar-refractivity contribution in [3.63, 3.8) is 0 Å². The fourth-order valence-electron chi connectivity index (χ4n) is 2.46. The molecular weight excluding hydrogens is 186 g/mol. The molecule has 2 unspecified atom stereocenters. The average molecular weight is 205 g/mol. The maximum absolute atomic E-state index is 9.45. The Morgan fingerprint density at radius 3 is 2.87 bits per heavy atom. The second-order valence-corrected chi connectivity index (χ2v) is 4.69. The van der Waals surface area contributed by atoms with Gasteiger partial charge in [0, 0.05) is 6.54 Å². The monoisotopic (exact) mass is 205 g/mol. The lowest BCUT2D eigenvalue weighted by Gasteiger charge is -2.19. The van der Waals surface area contributed by atoms with Gasteiger partial charge in [-0.05, 0) is 49.5 Å². The molecule has 1 heterocycles. The van der Waals surface area contributed by atoms with Crippen LogP contribution in [0.5, 0.6) is 5.75 Å². The first-order valence-electron chi connectivity index (χ1n) is 5.64. The smallest absolute Gasteiger partial charge is 0.115 e. The Morgan fingerprint density at radius 1 is 1.47 bits per heavy atom. The standard InChI is InChI=1S/C13H19NO/c1-10(12-6-7-14(2)9-12)11-4-3-5-13(15)8-11/h3-5,8,10,12,15H,6-7,9H2,1-2H3. The van der Waals surface area contributed by atoms with Gasteiger partial charge in [0.1, 0.15) is 5.75 Å². The van der Waals surface area contributed by atoms with Crippen LogP contribution in [-0.4, -0.2) is 30.1 Å². The van der Waals surface area contributed by atoms with Crippen LogP contribution < -0.4 is 0 Å². The Bertz CT molecular complexity index is 337. The van der Waals surface area contributed by atoms with Crippen LogP contribution in [0.25, 0.3) is 0 Å². The van der Waals surface area contributed by atoms with Crippen molar-refractivity contribution in [1.29, 1.82) is 0 Å². The Balaban J connectivity index is 2.10. The normalized spacial score (nSPS) is 24.3. The molecule has 0 amide bonds. The minimum atomic E-state index is 0.380. The third kappa shape index (κ3) is 2.32. The molecule has 2 heteroatoms. The molecule has 0 bridgehead atoms. The molecule has 1 saturated heterocycles. The van der Waals surface area contributed by atoms with E-state index < -0.39 is 0 Å². The molecule has 2 rings (SSSR count). The van der Waals surface area contributed by atoms with Gasteiger partial charge in [-0.2, -0.15) is 0 Å². The van der Waals surface area contributed by atoms with Crippen LogP contribution >= 0.6 is 0 Å². The fourth-order valence-corrected chi connectivity index (χ4v) is 2.46. The van der Waals surface area contributed by atoms with Crippen molar-refractivity contribution < 1.29 is 5.11 Å². The van der Waals surface area contributed by atoms with E-state index in [1.165, 1.54) is 25.1 Å². The van der Waals surface area contributed by atoms with Crippen LogP contribution in [-0.2, 0) is 0 Å². The molecule has 0 aliphatic carbocycles. The summed E-state index contributed by atoms with van der Waals surface area (Å²) in [5, 5.41) is 9.45. The number of benzene rings is 1. The lowest BCUT2D eigenvalue weighted by atomic mass is 9.87. The lowest BCUT2D eigenvalue weighted by Crippen LogP contribution is -2.17. The number of hydrogen-bond acceptors (Lipinski definition) is 2. The highest BCUT2D eigenvalue weighted by atomic mass is 16.3. The van der Waals surface area contributed by atoms with Gasteiger partial charge >= 0.3 is 0 Å². The first-order chi connectivity index (χ1) is 7.16. The molecule has 0 aromatic heterocycles. The van der Waals surface area contributed by atoms with Crippen molar-refractivity contribution in [2.75, 3.05) is 20.1 Å². The molecule has 0 radical (unpaired) electrons. The molecule has 1 aromatic rings. The summed E-state index contributed by atoms with van der Waals surface area (Å²) in [4.78, 5) is 2.38. The van der Waals surface area contributed by atoms with E-state index in [1.54, 1.807) is 6.07 Å². The van der Waals surface area contributed by atoms with Gasteiger partial charge in [-0.25, -0.2) is 0 Å². The summed E-state index contributed by atoms with van der Waals surface area (Å²) in [6, 6.07) is 7.67. The van der Waals surface area contributed by atoms with Gasteiger partial charge in [0.2, 0.25) is 0 Å². The van der Waals surface area contributed by atoms with Gasteiger partial charge in [-0.1, -0.05) is 19.1 Å². The van der Waals surface area contributed by atoms with Crippen molar-refractivity contribution in [2.45, 2.75) is 19.3 Å². The van der Waals surface area contributed by atoms with Crippen molar-refractivity contribution in [3.8, 4) is 5.75 Å². The number of likely N-dealkylation sites (tertiary alicyclic amines) is 1. The third-order valence-electron chi connectivity index (χ3n) is 3.53. The summed E-state index contributed by atoms with van der Waals surface area (Å²) in [6.45, 7) is 4.64. The van der Waals surface area contributed by atoms with Crippen molar-refractivity contribution >= 4 is 0 Å². The van der Waals surface area contributed by atoms with E-state index in [0.717, 1.165) is 5.92 Å². The summed E-state index contributed by atoms with van der Waals surface area (Å²) in [5.41, 5.74) is 1.26. The highest BCUT2D eigenvalue weighted by Gasteiger charge is 2.25. The Kier molecular flexibility index (Phi) is 2.96. The van der Waals surface area contributed by atoms with Crippen LogP contribution in [0.3, 0.4) is 0 Å². The van der Waals surface area contributed by atoms with E-state index >= 15 is 0 Å². The molecular formula is C13H19NO. The number of hydrogen-bond donors (Lipinski definition) is 1. The third-order valence-corrected chi connectivity index (χ3v) is 3.53. The molecule has 1 aromatic carbocycles. The summed E-state index contributed by atoms with van der Waals surface area (Å²) >= 11 is 0. The molecule has 0 spiro atoms. The second kappa shape index (κ2) is 4.23. The first kappa shape index (κ1) is 10.5. The van der Waals surface area contributed by atoms with Gasteiger partial charge in [0.15, 0.2) is 0 Å². The summed E-state index contributed by atoms with van der Waals surface area (Å²) in [5.74, 6) is 1.66. The molecule has 2 nitrogen and oxygen atoms in total. The van der Waals surface area contributed by atoms with Crippen molar-refractivity contribution in [2.24, 2.45) is 5.92 Å². The second-order valence-electron chi connectivity index (χ2n) is 4.69. The lowest BCUT2D eigenvalue weighted by molar-refractivity contribution is 0.377. The number of phenols is 1. The predicted octanol–water partition coefficient (Wildman–Crippen LogP) is 2.45. The van der Waals surface area contributed by atoms with Gasteiger partial charge in [0.25, 0.3) is 0 Å². The Hall–Kier alpha value is -1.02. The number of aromatic hydroxyl groups is 1. The van der Waals surface area contributed by atoms with Crippen molar-refractivity contribution in [3.05, 3.63) is 29.8 Å². The van der Waals surface area contributed by atoms with Gasteiger partial charge in [0.05, 0.1) is 0 Å². The highest BCUT2D eigenvalue weighted by molar-refractivity contribution is 5.29. The topological polar surface area (TPSA) is 23.5 Å². The van der Waals surface area contributed by atoms with E-state index in [1.807, 2.05) is 12.1 Å². The average Bonchev–Trinajstić information content (AvgIpc) is 2.64. The SMILES string of the molecule is CC(c1cccc(O)c1)C1CCN(C)C1. The molecule has 82 valence electrons. The zero-order valence-corrected chi connectivity index (χ0v) is 9.48. The van der Waals surface area contributed by atoms with Gasteiger partial charge < -0.3 is 10.0 Å². The van der Waals surface area contributed by atoms with Gasteiger partial charge in [-0.15, -0.1) is 0 Å². The molecule has 15 heavy (non-hydrogen) atoms. The largest absolute Gasteiger partial charge is 0.508 e. The molecule has 0 saturated carbocycles. The van der Waals surface area contributed by atoms with E-state index in [-0.39, 0.29) is 0 Å². The quantitative estimate of drug-likeness (QED) is 0.801. The minimum Gasteiger partial charge on any atom is -0.508 e. The molecule has 1 aliphatic rings. The van der Waals surface area contributed by atoms with Crippen LogP contribution in [0, 0.1) is 5.92 Å². The van der Waals surface area contributed by atoms with E-state index in [2.05, 4.69) is 24.9 Å². The van der Waals surface area contributed by atoms with Crippen molar-refractivity contribution in [1.82, 2.24) is 4.90 Å². The summed E-state index contributed by atoms with van der Waals surface area (Å²) < 4.78 is 0. The number of phenolic OH excluding ortho intramolecular Hbond substituents is 1. The van der Waals surface area contributed by atoms with Crippen LogP contribution in [0.15, 0.2) is 24.3 Å². The Morgan fingerprint density at radius 2 is 2.27 bits per heavy atom. The maximum atomic E-state index is 9.45. The number of nitrogens with zero attached hydrogens (tertiary/aromatic N) is 1.